The molecule has 2 heteroatoms. The van der Waals surface area contributed by atoms with Crippen molar-refractivity contribution >= 4 is 0 Å². The maximum atomic E-state index is 9.16. The van der Waals surface area contributed by atoms with Gasteiger partial charge in [-0.25, -0.2) is 0 Å². The lowest BCUT2D eigenvalue weighted by atomic mass is 9.87. The van der Waals surface area contributed by atoms with Crippen molar-refractivity contribution in [1.82, 2.24) is 0 Å². The minimum Gasteiger partial charge on any atom is -0.492 e. The summed E-state index contributed by atoms with van der Waals surface area (Å²) < 4.78 is 5.64. The smallest absolute Gasteiger partial charge is 0.119 e. The Kier molecular flexibility index (Phi) is 4.85. The van der Waals surface area contributed by atoms with E-state index in [-0.39, 0.29) is 5.41 Å². The lowest BCUT2D eigenvalue weighted by Gasteiger charge is -2.21. The molecule has 0 aromatic heterocycles. The van der Waals surface area contributed by atoms with Gasteiger partial charge in [0, 0.05) is 0 Å². The predicted octanol–water partition coefficient (Wildman–Crippen LogP) is 3.79. The molecule has 1 unspecified atom stereocenters. The van der Waals surface area contributed by atoms with Crippen LogP contribution in [0.4, 0.5) is 0 Å². The molecule has 0 aliphatic heterocycles. The molecule has 0 aliphatic carbocycles. The van der Waals surface area contributed by atoms with E-state index < -0.39 is 0 Å². The van der Waals surface area contributed by atoms with Crippen LogP contribution in [0.5, 0.6) is 5.75 Å². The number of hydrogen-bond acceptors (Lipinski definition) is 2. The van der Waals surface area contributed by atoms with Crippen molar-refractivity contribution in [2.75, 3.05) is 6.61 Å². The Morgan fingerprint density at radius 1 is 1.31 bits per heavy atom. The molecule has 0 N–H and O–H groups in total. The van der Waals surface area contributed by atoms with Gasteiger partial charge in [-0.05, 0) is 25.5 Å². The molecule has 86 valence electrons. The van der Waals surface area contributed by atoms with E-state index in [1.165, 1.54) is 0 Å². The van der Waals surface area contributed by atoms with Crippen molar-refractivity contribution in [3.05, 3.63) is 30.3 Å². The van der Waals surface area contributed by atoms with E-state index in [1.807, 2.05) is 37.3 Å². The highest BCUT2D eigenvalue weighted by molar-refractivity contribution is 5.21. The Labute approximate surface area is 97.9 Å². The van der Waals surface area contributed by atoms with Gasteiger partial charge in [0.15, 0.2) is 0 Å². The molecular weight excluding hydrogens is 198 g/mol. The monoisotopic (exact) mass is 217 g/mol. The molecule has 0 saturated carbocycles. The maximum Gasteiger partial charge on any atom is 0.119 e. The molecule has 0 heterocycles. The summed E-state index contributed by atoms with van der Waals surface area (Å²) in [5, 5.41) is 9.16. The fourth-order valence-electron chi connectivity index (χ4n) is 1.49. The Morgan fingerprint density at radius 3 is 2.56 bits per heavy atom. The molecular formula is C14H19NO. The van der Waals surface area contributed by atoms with Crippen LogP contribution in [0.2, 0.25) is 0 Å². The van der Waals surface area contributed by atoms with Crippen LogP contribution >= 0.6 is 0 Å². The lowest BCUT2D eigenvalue weighted by molar-refractivity contribution is 0.199. The number of hydrogen-bond donors (Lipinski definition) is 0. The summed E-state index contributed by atoms with van der Waals surface area (Å²) >= 11 is 0. The first-order chi connectivity index (χ1) is 7.70. The lowest BCUT2D eigenvalue weighted by Crippen LogP contribution is -2.23. The maximum absolute atomic E-state index is 9.16. The molecule has 1 aromatic carbocycles. The average Bonchev–Trinajstić information content (AvgIpc) is 2.35. The van der Waals surface area contributed by atoms with Crippen LogP contribution in [0.25, 0.3) is 0 Å². The third-order valence-electron chi connectivity index (χ3n) is 2.65. The molecule has 0 aliphatic rings. The van der Waals surface area contributed by atoms with Crippen molar-refractivity contribution < 1.29 is 4.74 Å². The summed E-state index contributed by atoms with van der Waals surface area (Å²) in [7, 11) is 0. The first kappa shape index (κ1) is 12.6. The van der Waals surface area contributed by atoms with Crippen LogP contribution < -0.4 is 4.74 Å². The Balaban J connectivity index is 2.49. The molecule has 2 nitrogen and oxygen atoms in total. The summed E-state index contributed by atoms with van der Waals surface area (Å²) in [6.45, 7) is 4.56. The van der Waals surface area contributed by atoms with Gasteiger partial charge >= 0.3 is 0 Å². The second-order valence-electron chi connectivity index (χ2n) is 4.38. The van der Waals surface area contributed by atoms with E-state index in [1.54, 1.807) is 0 Å². The largest absolute Gasteiger partial charge is 0.492 e. The van der Waals surface area contributed by atoms with Crippen LogP contribution in [0, 0.1) is 16.7 Å². The van der Waals surface area contributed by atoms with Gasteiger partial charge in [-0.15, -0.1) is 0 Å². The van der Waals surface area contributed by atoms with E-state index in [0.717, 1.165) is 25.0 Å². The van der Waals surface area contributed by atoms with Gasteiger partial charge < -0.3 is 4.74 Å². The third kappa shape index (κ3) is 3.94. The van der Waals surface area contributed by atoms with Gasteiger partial charge in [-0.1, -0.05) is 38.0 Å². The van der Waals surface area contributed by atoms with Crippen LogP contribution in [-0.4, -0.2) is 6.61 Å². The number of ether oxygens (including phenoxy) is 1. The van der Waals surface area contributed by atoms with Crippen LogP contribution in [0.1, 0.15) is 33.1 Å². The predicted molar refractivity (Wildman–Crippen MR) is 65.2 cm³/mol. The van der Waals surface area contributed by atoms with Crippen molar-refractivity contribution in [2.45, 2.75) is 33.1 Å². The van der Waals surface area contributed by atoms with Gasteiger partial charge in [0.05, 0.1) is 11.5 Å². The molecule has 0 bridgehead atoms. The topological polar surface area (TPSA) is 33.0 Å². The number of rotatable bonds is 6. The van der Waals surface area contributed by atoms with Gasteiger partial charge in [0.25, 0.3) is 0 Å². The zero-order chi connectivity index (χ0) is 11.9. The molecule has 16 heavy (non-hydrogen) atoms. The fourth-order valence-corrected chi connectivity index (χ4v) is 1.49. The molecule has 0 saturated heterocycles. The van der Waals surface area contributed by atoms with Crippen LogP contribution in [0.15, 0.2) is 30.3 Å². The summed E-state index contributed by atoms with van der Waals surface area (Å²) in [4.78, 5) is 0. The Bertz CT molecular complexity index is 342. The molecule has 1 atom stereocenters. The van der Waals surface area contributed by atoms with E-state index >= 15 is 0 Å². The first-order valence-electron chi connectivity index (χ1n) is 5.79. The van der Waals surface area contributed by atoms with Crippen LogP contribution in [-0.2, 0) is 0 Å². The number of unbranched alkanes of at least 4 members (excludes halogenated alkanes) is 1. The first-order valence-corrected chi connectivity index (χ1v) is 5.79. The van der Waals surface area contributed by atoms with Gasteiger partial charge in [0.2, 0.25) is 0 Å². The quantitative estimate of drug-likeness (QED) is 0.726. The van der Waals surface area contributed by atoms with Crippen LogP contribution in [0.3, 0.4) is 0 Å². The van der Waals surface area contributed by atoms with Crippen molar-refractivity contribution in [3.63, 3.8) is 0 Å². The molecule has 0 spiro atoms. The summed E-state index contributed by atoms with van der Waals surface area (Å²) in [5.41, 5.74) is -0.369. The summed E-state index contributed by atoms with van der Waals surface area (Å²) in [5.74, 6) is 0.834. The van der Waals surface area contributed by atoms with Gasteiger partial charge in [-0.3, -0.25) is 0 Å². The second kappa shape index (κ2) is 6.17. The van der Waals surface area contributed by atoms with E-state index in [4.69, 9.17) is 10.00 Å². The van der Waals surface area contributed by atoms with Crippen molar-refractivity contribution in [3.8, 4) is 11.8 Å². The van der Waals surface area contributed by atoms with E-state index in [0.29, 0.717) is 6.61 Å². The number of nitrogens with zero attached hydrogens (tertiary/aromatic N) is 1. The number of nitriles is 1. The highest BCUT2D eigenvalue weighted by Crippen LogP contribution is 2.24. The minimum atomic E-state index is -0.369. The van der Waals surface area contributed by atoms with E-state index in [9.17, 15) is 0 Å². The molecule has 1 aromatic rings. The minimum absolute atomic E-state index is 0.369. The van der Waals surface area contributed by atoms with E-state index in [2.05, 4.69) is 13.0 Å². The zero-order valence-electron chi connectivity index (χ0n) is 10.1. The number of benzene rings is 1. The second-order valence-corrected chi connectivity index (χ2v) is 4.38. The van der Waals surface area contributed by atoms with Gasteiger partial charge in [-0.2, -0.15) is 5.26 Å². The zero-order valence-corrected chi connectivity index (χ0v) is 10.1. The molecule has 1 rings (SSSR count). The normalized spacial score (nSPS) is 13.8. The van der Waals surface area contributed by atoms with Crippen molar-refractivity contribution in [2.24, 2.45) is 5.41 Å². The summed E-state index contributed by atoms with van der Waals surface area (Å²) in [6.07, 6.45) is 3.08. The Hall–Kier alpha value is -1.49. The summed E-state index contributed by atoms with van der Waals surface area (Å²) in [6, 6.07) is 12.0. The average molecular weight is 217 g/mol. The highest BCUT2D eigenvalue weighted by Gasteiger charge is 2.24. The fraction of sp³-hybridized carbons (Fsp3) is 0.500. The third-order valence-corrected chi connectivity index (χ3v) is 2.65. The Morgan fingerprint density at radius 2 is 2.00 bits per heavy atom. The molecule has 0 amide bonds. The molecule has 0 radical (unpaired) electrons. The molecule has 0 fully saturated rings. The SMILES string of the molecule is CCCCC(C)(C#N)COc1ccccc1. The van der Waals surface area contributed by atoms with Gasteiger partial charge in [0.1, 0.15) is 12.4 Å². The van der Waals surface area contributed by atoms with Crippen molar-refractivity contribution in [1.29, 1.82) is 5.26 Å². The highest BCUT2D eigenvalue weighted by atomic mass is 16.5. The standard InChI is InChI=1S/C14H19NO/c1-3-4-10-14(2,11-15)12-16-13-8-6-5-7-9-13/h5-9H,3-4,10,12H2,1-2H3. The number of para-hydroxylation sites is 1.